The van der Waals surface area contributed by atoms with Crippen LogP contribution in [0.3, 0.4) is 0 Å². The van der Waals surface area contributed by atoms with Crippen molar-refractivity contribution in [3.05, 3.63) is 35.1 Å². The monoisotopic (exact) mass is 282 g/mol. The summed E-state index contributed by atoms with van der Waals surface area (Å²) in [5.41, 5.74) is 1.41. The number of hydrogen-bond donors (Lipinski definition) is 2. The van der Waals surface area contributed by atoms with Crippen molar-refractivity contribution in [2.45, 2.75) is 26.9 Å². The van der Waals surface area contributed by atoms with Gasteiger partial charge in [-0.3, -0.25) is 9.69 Å². The Morgan fingerprint density at radius 3 is 2.70 bits per heavy atom. The second kappa shape index (κ2) is 7.97. The van der Waals surface area contributed by atoms with Gasteiger partial charge in [0.1, 0.15) is 5.82 Å². The van der Waals surface area contributed by atoms with Crippen LogP contribution in [0.4, 0.5) is 4.39 Å². The topological polar surface area (TPSA) is 52.6 Å². The van der Waals surface area contributed by atoms with Crippen LogP contribution in [0.2, 0.25) is 0 Å². The van der Waals surface area contributed by atoms with Crippen molar-refractivity contribution in [2.75, 3.05) is 26.2 Å². The second-order valence-corrected chi connectivity index (χ2v) is 4.80. The average molecular weight is 282 g/mol. The van der Waals surface area contributed by atoms with E-state index in [-0.39, 0.29) is 18.3 Å². The zero-order valence-electron chi connectivity index (χ0n) is 12.3. The molecule has 0 aliphatic heterocycles. The summed E-state index contributed by atoms with van der Waals surface area (Å²) in [5, 5.41) is 13.0. The van der Waals surface area contributed by atoms with Gasteiger partial charge in [-0.1, -0.05) is 13.0 Å². The van der Waals surface area contributed by atoms with E-state index in [0.717, 1.165) is 0 Å². The minimum atomic E-state index is -0.732. The van der Waals surface area contributed by atoms with Crippen LogP contribution >= 0.6 is 0 Å². The molecular formula is C15H23FN2O2. The predicted octanol–water partition coefficient (Wildman–Crippen LogP) is 1.63. The van der Waals surface area contributed by atoms with Gasteiger partial charge in [-0.2, -0.15) is 0 Å². The molecule has 1 amide bonds. The third-order valence-electron chi connectivity index (χ3n) is 3.21. The summed E-state index contributed by atoms with van der Waals surface area (Å²) in [4.78, 5) is 13.4. The van der Waals surface area contributed by atoms with E-state index in [4.69, 9.17) is 0 Å². The molecular weight excluding hydrogens is 259 g/mol. The lowest BCUT2D eigenvalue weighted by Gasteiger charge is -2.24. The molecule has 0 radical (unpaired) electrons. The van der Waals surface area contributed by atoms with E-state index in [9.17, 15) is 14.3 Å². The highest BCUT2D eigenvalue weighted by Gasteiger charge is 2.16. The lowest BCUT2D eigenvalue weighted by Crippen LogP contribution is -2.39. The Kier molecular flexibility index (Phi) is 6.61. The van der Waals surface area contributed by atoms with Crippen LogP contribution < -0.4 is 5.32 Å². The van der Waals surface area contributed by atoms with E-state index in [0.29, 0.717) is 30.8 Å². The molecule has 0 aliphatic rings. The molecule has 0 heterocycles. The third-order valence-corrected chi connectivity index (χ3v) is 3.21. The van der Waals surface area contributed by atoms with Crippen molar-refractivity contribution < 1.29 is 14.3 Å². The van der Waals surface area contributed by atoms with E-state index in [1.807, 2.05) is 18.7 Å². The first kappa shape index (κ1) is 16.6. The van der Waals surface area contributed by atoms with Gasteiger partial charge in [-0.05, 0) is 43.7 Å². The maximum Gasteiger partial charge on any atom is 0.234 e. The number of hydrogen-bond acceptors (Lipinski definition) is 3. The zero-order valence-corrected chi connectivity index (χ0v) is 12.3. The molecule has 1 unspecified atom stereocenters. The summed E-state index contributed by atoms with van der Waals surface area (Å²) in [6.45, 7) is 7.42. The molecule has 5 heteroatoms. The lowest BCUT2D eigenvalue weighted by molar-refractivity contribution is -0.122. The maximum absolute atomic E-state index is 13.1. The first-order chi connectivity index (χ1) is 9.47. The maximum atomic E-state index is 13.1. The van der Waals surface area contributed by atoms with Crippen molar-refractivity contribution in [3.8, 4) is 0 Å². The van der Waals surface area contributed by atoms with E-state index >= 15 is 0 Å². The van der Waals surface area contributed by atoms with Crippen molar-refractivity contribution >= 4 is 5.91 Å². The highest BCUT2D eigenvalue weighted by atomic mass is 19.1. The largest absolute Gasteiger partial charge is 0.387 e. The zero-order chi connectivity index (χ0) is 15.1. The molecule has 0 saturated heterocycles. The molecule has 112 valence electrons. The van der Waals surface area contributed by atoms with E-state index in [1.54, 1.807) is 13.0 Å². The summed E-state index contributed by atoms with van der Waals surface area (Å²) in [6.07, 6.45) is -0.732. The highest BCUT2D eigenvalue weighted by molar-refractivity contribution is 5.77. The summed E-state index contributed by atoms with van der Waals surface area (Å²) < 4.78 is 13.1. The number of rotatable bonds is 7. The number of nitrogens with zero attached hydrogens (tertiary/aromatic N) is 1. The minimum absolute atomic E-state index is 0.0580. The van der Waals surface area contributed by atoms with Crippen LogP contribution in [0.1, 0.15) is 31.1 Å². The first-order valence-corrected chi connectivity index (χ1v) is 6.91. The van der Waals surface area contributed by atoms with Crippen LogP contribution in [0.25, 0.3) is 0 Å². The van der Waals surface area contributed by atoms with Gasteiger partial charge in [-0.15, -0.1) is 0 Å². The molecule has 0 aliphatic carbocycles. The highest BCUT2D eigenvalue weighted by Crippen LogP contribution is 2.19. The van der Waals surface area contributed by atoms with Crippen molar-refractivity contribution in [1.29, 1.82) is 0 Å². The van der Waals surface area contributed by atoms with Gasteiger partial charge < -0.3 is 10.4 Å². The molecule has 1 aromatic carbocycles. The van der Waals surface area contributed by atoms with Gasteiger partial charge in [-0.25, -0.2) is 4.39 Å². The van der Waals surface area contributed by atoms with E-state index in [2.05, 4.69) is 5.32 Å². The molecule has 0 aromatic heterocycles. The first-order valence-electron chi connectivity index (χ1n) is 6.91. The van der Waals surface area contributed by atoms with Crippen molar-refractivity contribution in [1.82, 2.24) is 10.2 Å². The van der Waals surface area contributed by atoms with Crippen molar-refractivity contribution in [2.24, 2.45) is 0 Å². The second-order valence-electron chi connectivity index (χ2n) is 4.80. The number of likely N-dealkylation sites (N-methyl/N-ethyl adjacent to an activating group) is 2. The molecule has 1 atom stereocenters. The SMILES string of the molecule is CCNC(=O)CN(CC)CC(O)c1ccc(F)cc1C. The van der Waals surface area contributed by atoms with E-state index < -0.39 is 6.10 Å². The van der Waals surface area contributed by atoms with Gasteiger partial charge in [0.05, 0.1) is 12.6 Å². The van der Waals surface area contributed by atoms with Crippen LogP contribution in [0.15, 0.2) is 18.2 Å². The van der Waals surface area contributed by atoms with Gasteiger partial charge >= 0.3 is 0 Å². The van der Waals surface area contributed by atoms with Crippen LogP contribution in [0, 0.1) is 12.7 Å². The Morgan fingerprint density at radius 1 is 1.45 bits per heavy atom. The number of carbonyl (C=O) groups is 1. The Labute approximate surface area is 119 Å². The fourth-order valence-electron chi connectivity index (χ4n) is 2.12. The number of amides is 1. The Balaban J connectivity index is 2.66. The lowest BCUT2D eigenvalue weighted by atomic mass is 10.0. The van der Waals surface area contributed by atoms with Crippen LogP contribution in [-0.2, 0) is 4.79 Å². The molecule has 20 heavy (non-hydrogen) atoms. The van der Waals surface area contributed by atoms with Crippen LogP contribution in [0.5, 0.6) is 0 Å². The number of benzene rings is 1. The van der Waals surface area contributed by atoms with Gasteiger partial charge in [0.15, 0.2) is 0 Å². The average Bonchev–Trinajstić information content (AvgIpc) is 2.37. The summed E-state index contributed by atoms with van der Waals surface area (Å²) in [5.74, 6) is -0.370. The normalized spacial score (nSPS) is 12.5. The standard InChI is InChI=1S/C15H23FN2O2/c1-4-17-15(20)10-18(5-2)9-14(19)13-7-6-12(16)8-11(13)3/h6-8,14,19H,4-5,9-10H2,1-3H3,(H,17,20). The number of aliphatic hydroxyl groups is 1. The Morgan fingerprint density at radius 2 is 2.15 bits per heavy atom. The number of nitrogens with one attached hydrogen (secondary N) is 1. The summed E-state index contributed by atoms with van der Waals surface area (Å²) in [7, 11) is 0. The molecule has 1 rings (SSSR count). The van der Waals surface area contributed by atoms with Crippen LogP contribution in [-0.4, -0.2) is 42.1 Å². The molecule has 4 nitrogen and oxygen atoms in total. The minimum Gasteiger partial charge on any atom is -0.387 e. The fraction of sp³-hybridized carbons (Fsp3) is 0.533. The molecule has 0 fully saturated rings. The number of halogens is 1. The smallest absolute Gasteiger partial charge is 0.234 e. The quantitative estimate of drug-likeness (QED) is 0.799. The summed E-state index contributed by atoms with van der Waals surface area (Å²) in [6, 6.07) is 4.33. The number of aryl methyl sites for hydroxylation is 1. The number of carbonyl (C=O) groups excluding carboxylic acids is 1. The summed E-state index contributed by atoms with van der Waals surface area (Å²) >= 11 is 0. The molecule has 2 N–H and O–H groups in total. The van der Waals surface area contributed by atoms with Gasteiger partial charge in [0, 0.05) is 13.1 Å². The predicted molar refractivity (Wildman–Crippen MR) is 76.9 cm³/mol. The Hall–Kier alpha value is -1.46. The van der Waals surface area contributed by atoms with E-state index in [1.165, 1.54) is 12.1 Å². The van der Waals surface area contributed by atoms with Gasteiger partial charge in [0.2, 0.25) is 5.91 Å². The fourth-order valence-corrected chi connectivity index (χ4v) is 2.12. The number of aliphatic hydroxyl groups excluding tert-OH is 1. The van der Waals surface area contributed by atoms with Crippen molar-refractivity contribution in [3.63, 3.8) is 0 Å². The molecule has 0 saturated carbocycles. The molecule has 1 aromatic rings. The molecule has 0 bridgehead atoms. The third kappa shape index (κ3) is 4.90. The Bertz CT molecular complexity index is 451. The molecule has 0 spiro atoms. The van der Waals surface area contributed by atoms with Gasteiger partial charge in [0.25, 0.3) is 0 Å².